The van der Waals surface area contributed by atoms with Crippen molar-refractivity contribution in [2.24, 2.45) is 11.8 Å². The smallest absolute Gasteiger partial charge is 0.406 e. The Morgan fingerprint density at radius 3 is 2.68 bits per heavy atom. The maximum absolute atomic E-state index is 14.0. The van der Waals surface area contributed by atoms with E-state index in [1.165, 1.54) is 13.0 Å². The second kappa shape index (κ2) is 6.40. The molecule has 0 aliphatic heterocycles. The predicted molar refractivity (Wildman–Crippen MR) is 82.0 cm³/mol. The molecular weight excluding hydrogens is 367 g/mol. The normalized spacial score (nSPS) is 26.8. The maximum Gasteiger partial charge on any atom is 0.573 e. The highest BCUT2D eigenvalue weighted by Crippen LogP contribution is 2.37. The lowest BCUT2D eigenvalue weighted by Crippen LogP contribution is -2.33. The van der Waals surface area contributed by atoms with Crippen LogP contribution in [0.2, 0.25) is 0 Å². The zero-order valence-electron chi connectivity index (χ0n) is 12.8. The molecule has 1 aromatic carbocycles. The standard InChI is InChI=1S/C15H13F5N2O2S/c1-6-4-8(16)11(12(6)17)13(23)22-14-21-9-3-2-7(5-10(9)25-14)24-15(18,19)20/h2-3,5-6,8,11-12H,4H2,1H3,(H,21,22,23). The molecule has 0 spiro atoms. The fourth-order valence-corrected chi connectivity index (χ4v) is 3.74. The molecular formula is C15H13F5N2O2S. The van der Waals surface area contributed by atoms with E-state index in [9.17, 15) is 26.7 Å². The molecule has 1 amide bonds. The molecule has 10 heteroatoms. The van der Waals surface area contributed by atoms with Gasteiger partial charge in [-0.15, -0.1) is 13.2 Å². The Bertz CT molecular complexity index is 794. The number of alkyl halides is 5. The van der Waals surface area contributed by atoms with Crippen molar-refractivity contribution in [3.05, 3.63) is 18.2 Å². The first-order valence-electron chi connectivity index (χ1n) is 7.39. The van der Waals surface area contributed by atoms with Crippen molar-refractivity contribution < 1.29 is 31.5 Å². The number of ether oxygens (including phenoxy) is 1. The van der Waals surface area contributed by atoms with Gasteiger partial charge in [0.15, 0.2) is 5.13 Å². The summed E-state index contributed by atoms with van der Waals surface area (Å²) in [5, 5.41) is 2.41. The fourth-order valence-electron chi connectivity index (χ4n) is 2.84. The molecule has 4 unspecified atom stereocenters. The summed E-state index contributed by atoms with van der Waals surface area (Å²) in [6, 6.07) is 3.52. The van der Waals surface area contributed by atoms with Crippen LogP contribution in [0.5, 0.6) is 5.75 Å². The molecule has 1 aliphatic rings. The van der Waals surface area contributed by atoms with Crippen LogP contribution in [-0.4, -0.2) is 29.6 Å². The lowest BCUT2D eigenvalue weighted by molar-refractivity contribution is -0.274. The van der Waals surface area contributed by atoms with Crippen molar-refractivity contribution in [3.63, 3.8) is 0 Å². The minimum Gasteiger partial charge on any atom is -0.406 e. The number of carbonyl (C=O) groups is 1. The number of nitrogens with zero attached hydrogens (tertiary/aromatic N) is 1. The summed E-state index contributed by atoms with van der Waals surface area (Å²) in [5.74, 6) is -3.21. The zero-order valence-corrected chi connectivity index (χ0v) is 13.6. The van der Waals surface area contributed by atoms with Crippen LogP contribution in [0.25, 0.3) is 10.2 Å². The largest absolute Gasteiger partial charge is 0.573 e. The molecule has 1 N–H and O–H groups in total. The first-order valence-corrected chi connectivity index (χ1v) is 8.21. The predicted octanol–water partition coefficient (Wildman–Crippen LogP) is 4.47. The van der Waals surface area contributed by atoms with Gasteiger partial charge in [-0.05, 0) is 24.5 Å². The Morgan fingerprint density at radius 1 is 1.36 bits per heavy atom. The number of rotatable bonds is 3. The minimum atomic E-state index is -4.82. The molecule has 1 heterocycles. The molecule has 2 aromatic rings. The molecule has 0 radical (unpaired) electrons. The van der Waals surface area contributed by atoms with E-state index < -0.39 is 42.2 Å². The molecule has 1 fully saturated rings. The Morgan fingerprint density at radius 2 is 2.08 bits per heavy atom. The van der Waals surface area contributed by atoms with Crippen LogP contribution >= 0.6 is 11.3 Å². The highest BCUT2D eigenvalue weighted by Gasteiger charge is 2.46. The van der Waals surface area contributed by atoms with Crippen molar-refractivity contribution >= 4 is 32.6 Å². The van der Waals surface area contributed by atoms with E-state index in [1.54, 1.807) is 0 Å². The third kappa shape index (κ3) is 3.83. The maximum atomic E-state index is 14.0. The quantitative estimate of drug-likeness (QED) is 0.800. The first-order chi connectivity index (χ1) is 11.6. The molecule has 136 valence electrons. The van der Waals surface area contributed by atoms with E-state index in [-0.39, 0.29) is 11.6 Å². The second-order valence-corrected chi connectivity index (χ2v) is 6.92. The van der Waals surface area contributed by atoms with E-state index in [4.69, 9.17) is 0 Å². The Hall–Kier alpha value is -1.97. The Labute approximate surface area is 143 Å². The summed E-state index contributed by atoms with van der Waals surface area (Å²) in [6.07, 6.45) is -8.01. The van der Waals surface area contributed by atoms with Gasteiger partial charge in [-0.25, -0.2) is 13.8 Å². The van der Waals surface area contributed by atoms with Gasteiger partial charge in [-0.2, -0.15) is 0 Å². The minimum absolute atomic E-state index is 0.0305. The number of fused-ring (bicyclic) bond motifs is 1. The van der Waals surface area contributed by atoms with Crippen molar-refractivity contribution in [1.29, 1.82) is 0 Å². The summed E-state index contributed by atoms with van der Waals surface area (Å²) >= 11 is 0.893. The van der Waals surface area contributed by atoms with Crippen LogP contribution in [0.15, 0.2) is 18.2 Å². The van der Waals surface area contributed by atoms with Crippen LogP contribution in [0.3, 0.4) is 0 Å². The van der Waals surface area contributed by atoms with Gasteiger partial charge in [0.05, 0.1) is 10.2 Å². The van der Waals surface area contributed by atoms with E-state index >= 15 is 0 Å². The van der Waals surface area contributed by atoms with Crippen LogP contribution in [0.1, 0.15) is 13.3 Å². The van der Waals surface area contributed by atoms with E-state index in [1.807, 2.05) is 0 Å². The molecule has 0 saturated heterocycles. The average Bonchev–Trinajstić information content (AvgIpc) is 2.97. The number of halogens is 5. The van der Waals surface area contributed by atoms with Gasteiger partial charge in [-0.3, -0.25) is 4.79 Å². The molecule has 1 saturated carbocycles. The van der Waals surface area contributed by atoms with Gasteiger partial charge in [0.2, 0.25) is 5.91 Å². The van der Waals surface area contributed by atoms with Crippen LogP contribution in [0, 0.1) is 11.8 Å². The second-order valence-electron chi connectivity index (χ2n) is 5.88. The molecule has 1 aromatic heterocycles. The van der Waals surface area contributed by atoms with E-state index in [2.05, 4.69) is 15.0 Å². The number of nitrogens with one attached hydrogen (secondary N) is 1. The molecule has 25 heavy (non-hydrogen) atoms. The van der Waals surface area contributed by atoms with Gasteiger partial charge in [0.25, 0.3) is 0 Å². The SMILES string of the molecule is CC1CC(F)C(C(=O)Nc2nc3ccc(OC(F)(F)F)cc3s2)C1F. The number of carbonyl (C=O) groups excluding carboxylic acids is 1. The zero-order chi connectivity index (χ0) is 18.4. The lowest BCUT2D eigenvalue weighted by Gasteiger charge is -2.14. The molecule has 4 nitrogen and oxygen atoms in total. The van der Waals surface area contributed by atoms with Gasteiger partial charge >= 0.3 is 6.36 Å². The van der Waals surface area contributed by atoms with Crippen molar-refractivity contribution in [2.75, 3.05) is 5.32 Å². The summed E-state index contributed by atoms with van der Waals surface area (Å²) in [4.78, 5) is 16.2. The van der Waals surface area contributed by atoms with Crippen LogP contribution < -0.4 is 10.1 Å². The van der Waals surface area contributed by atoms with E-state index in [0.717, 1.165) is 23.5 Å². The van der Waals surface area contributed by atoms with Gasteiger partial charge in [-0.1, -0.05) is 18.3 Å². The number of benzene rings is 1. The monoisotopic (exact) mass is 380 g/mol. The summed E-state index contributed by atoms with van der Waals surface area (Å²) < 4.78 is 68.6. The molecule has 3 rings (SSSR count). The summed E-state index contributed by atoms with van der Waals surface area (Å²) in [6.45, 7) is 1.53. The highest BCUT2D eigenvalue weighted by molar-refractivity contribution is 7.22. The van der Waals surface area contributed by atoms with E-state index in [0.29, 0.717) is 10.2 Å². The number of thiazole rings is 1. The van der Waals surface area contributed by atoms with Crippen LogP contribution in [-0.2, 0) is 4.79 Å². The first kappa shape index (κ1) is 17.8. The molecule has 1 aliphatic carbocycles. The fraction of sp³-hybridized carbons (Fsp3) is 0.467. The van der Waals surface area contributed by atoms with Gasteiger partial charge in [0, 0.05) is 6.07 Å². The number of anilines is 1. The Kier molecular flexibility index (Phi) is 4.56. The third-order valence-corrected chi connectivity index (χ3v) is 4.93. The van der Waals surface area contributed by atoms with Crippen molar-refractivity contribution in [2.45, 2.75) is 32.1 Å². The van der Waals surface area contributed by atoms with Crippen molar-refractivity contribution in [3.8, 4) is 5.75 Å². The molecule has 0 bridgehead atoms. The number of hydrogen-bond acceptors (Lipinski definition) is 4. The van der Waals surface area contributed by atoms with Crippen LogP contribution in [0.4, 0.5) is 27.1 Å². The third-order valence-electron chi connectivity index (χ3n) is 4.00. The van der Waals surface area contributed by atoms with Crippen molar-refractivity contribution in [1.82, 2.24) is 4.98 Å². The molecule has 4 atom stereocenters. The topological polar surface area (TPSA) is 51.2 Å². The van der Waals surface area contributed by atoms with Gasteiger partial charge < -0.3 is 10.1 Å². The summed E-state index contributed by atoms with van der Waals surface area (Å²) in [7, 11) is 0. The average molecular weight is 380 g/mol. The highest BCUT2D eigenvalue weighted by atomic mass is 32.1. The number of aromatic nitrogens is 1. The number of amides is 1. The lowest BCUT2D eigenvalue weighted by atomic mass is 10.0. The number of hydrogen-bond donors (Lipinski definition) is 1. The van der Waals surface area contributed by atoms with Gasteiger partial charge in [0.1, 0.15) is 24.0 Å². The Balaban J connectivity index is 1.77. The summed E-state index contributed by atoms with van der Waals surface area (Å²) in [5.41, 5.74) is 0.336.